The smallest absolute Gasteiger partial charge is 0.243 e. The van der Waals surface area contributed by atoms with E-state index >= 15 is 0 Å². The molecule has 1 atom stereocenters. The fourth-order valence-corrected chi connectivity index (χ4v) is 1.74. The van der Waals surface area contributed by atoms with Gasteiger partial charge in [-0.1, -0.05) is 18.5 Å². The summed E-state index contributed by atoms with van der Waals surface area (Å²) >= 11 is 0. The Balaban J connectivity index is 1.94. The Hall–Kier alpha value is -0.900. The van der Waals surface area contributed by atoms with E-state index in [1.54, 1.807) is 0 Å². The molecule has 1 unspecified atom stereocenters. The zero-order chi connectivity index (χ0) is 9.80. The van der Waals surface area contributed by atoms with Gasteiger partial charge < -0.3 is 9.84 Å². The van der Waals surface area contributed by atoms with Gasteiger partial charge in [-0.2, -0.15) is 4.98 Å². The average Bonchev–Trinajstić information content (AvgIpc) is 2.85. The number of aromatic nitrogens is 2. The highest BCUT2D eigenvalue weighted by molar-refractivity contribution is 4.95. The van der Waals surface area contributed by atoms with Crippen LogP contribution in [-0.2, 0) is 6.42 Å². The number of unbranched alkanes of at least 4 members (excludes halogenated alkanes) is 1. The maximum absolute atomic E-state index is 5.22. The van der Waals surface area contributed by atoms with Crippen LogP contribution in [0.15, 0.2) is 4.52 Å². The van der Waals surface area contributed by atoms with Crippen molar-refractivity contribution in [1.29, 1.82) is 0 Å². The van der Waals surface area contributed by atoms with Crippen molar-refractivity contribution in [2.24, 2.45) is 0 Å². The third kappa shape index (κ3) is 2.12. The molecule has 0 aliphatic carbocycles. The lowest BCUT2D eigenvalue weighted by Crippen LogP contribution is -2.13. The molecule has 0 amide bonds. The molecule has 1 fully saturated rings. The number of aryl methyl sites for hydroxylation is 1. The van der Waals surface area contributed by atoms with Crippen LogP contribution in [0.3, 0.4) is 0 Å². The van der Waals surface area contributed by atoms with E-state index in [9.17, 15) is 0 Å². The summed E-state index contributed by atoms with van der Waals surface area (Å²) in [7, 11) is 0. The topological polar surface area (TPSA) is 51.0 Å². The van der Waals surface area contributed by atoms with Gasteiger partial charge in [0.15, 0.2) is 5.82 Å². The van der Waals surface area contributed by atoms with E-state index in [1.807, 2.05) is 0 Å². The summed E-state index contributed by atoms with van der Waals surface area (Å²) in [5.41, 5.74) is 0. The second kappa shape index (κ2) is 4.55. The van der Waals surface area contributed by atoms with Crippen LogP contribution in [0.25, 0.3) is 0 Å². The van der Waals surface area contributed by atoms with E-state index in [2.05, 4.69) is 22.4 Å². The number of rotatable bonds is 4. The van der Waals surface area contributed by atoms with Crippen molar-refractivity contribution in [2.45, 2.75) is 45.1 Å². The zero-order valence-electron chi connectivity index (χ0n) is 8.62. The van der Waals surface area contributed by atoms with Crippen LogP contribution >= 0.6 is 0 Å². The Morgan fingerprint density at radius 2 is 2.50 bits per heavy atom. The molecule has 4 nitrogen and oxygen atoms in total. The highest BCUT2D eigenvalue weighted by atomic mass is 16.5. The maximum atomic E-state index is 5.22. The van der Waals surface area contributed by atoms with Gasteiger partial charge in [-0.15, -0.1) is 0 Å². The van der Waals surface area contributed by atoms with E-state index in [0.29, 0.717) is 6.04 Å². The molecule has 14 heavy (non-hydrogen) atoms. The molecule has 1 N–H and O–H groups in total. The monoisotopic (exact) mass is 195 g/mol. The minimum absolute atomic E-state index is 0.304. The fourth-order valence-electron chi connectivity index (χ4n) is 1.74. The van der Waals surface area contributed by atoms with E-state index in [4.69, 9.17) is 4.52 Å². The summed E-state index contributed by atoms with van der Waals surface area (Å²) in [6, 6.07) is 0.304. The van der Waals surface area contributed by atoms with Gasteiger partial charge in [0.2, 0.25) is 5.89 Å². The molecule has 1 aliphatic rings. The van der Waals surface area contributed by atoms with Gasteiger partial charge in [-0.25, -0.2) is 0 Å². The lowest BCUT2D eigenvalue weighted by Gasteiger charge is -2.01. The van der Waals surface area contributed by atoms with Crippen LogP contribution in [0.4, 0.5) is 0 Å². The molecule has 78 valence electrons. The largest absolute Gasteiger partial charge is 0.338 e. The fraction of sp³-hybridized carbons (Fsp3) is 0.800. The molecule has 1 saturated heterocycles. The molecular formula is C10H17N3O. The molecule has 0 spiro atoms. The highest BCUT2D eigenvalue weighted by Crippen LogP contribution is 2.21. The van der Waals surface area contributed by atoms with Crippen molar-refractivity contribution in [2.75, 3.05) is 6.54 Å². The van der Waals surface area contributed by atoms with Crippen LogP contribution in [0.5, 0.6) is 0 Å². The Kier molecular flexibility index (Phi) is 3.14. The van der Waals surface area contributed by atoms with Crippen LogP contribution < -0.4 is 5.32 Å². The van der Waals surface area contributed by atoms with Crippen LogP contribution in [0.2, 0.25) is 0 Å². The van der Waals surface area contributed by atoms with Crippen molar-refractivity contribution in [3.05, 3.63) is 11.7 Å². The van der Waals surface area contributed by atoms with E-state index < -0.39 is 0 Å². The average molecular weight is 195 g/mol. The van der Waals surface area contributed by atoms with Gasteiger partial charge in [-0.05, 0) is 25.8 Å². The number of nitrogens with zero attached hydrogens (tertiary/aromatic N) is 2. The zero-order valence-corrected chi connectivity index (χ0v) is 8.62. The molecule has 2 heterocycles. The molecule has 2 rings (SSSR count). The first-order valence-electron chi connectivity index (χ1n) is 5.46. The Labute approximate surface area is 84.1 Å². The van der Waals surface area contributed by atoms with Gasteiger partial charge in [0.1, 0.15) is 0 Å². The van der Waals surface area contributed by atoms with Crippen molar-refractivity contribution >= 4 is 0 Å². The Bertz CT molecular complexity index is 279. The van der Waals surface area contributed by atoms with Gasteiger partial charge in [0.05, 0.1) is 6.04 Å². The molecule has 1 aromatic heterocycles. The SMILES string of the molecule is CCCCc1noc(C2CCCN2)n1. The first-order chi connectivity index (χ1) is 6.90. The second-order valence-electron chi connectivity index (χ2n) is 3.80. The van der Waals surface area contributed by atoms with Crippen LogP contribution in [0, 0.1) is 0 Å². The summed E-state index contributed by atoms with van der Waals surface area (Å²) in [5.74, 6) is 1.63. The summed E-state index contributed by atoms with van der Waals surface area (Å²) < 4.78 is 5.22. The van der Waals surface area contributed by atoms with Crippen molar-refractivity contribution in [1.82, 2.24) is 15.5 Å². The van der Waals surface area contributed by atoms with Gasteiger partial charge in [-0.3, -0.25) is 0 Å². The molecule has 0 saturated carbocycles. The molecular weight excluding hydrogens is 178 g/mol. The van der Waals surface area contributed by atoms with Crippen molar-refractivity contribution in [3.8, 4) is 0 Å². The number of hydrogen-bond donors (Lipinski definition) is 1. The third-order valence-electron chi connectivity index (χ3n) is 2.60. The van der Waals surface area contributed by atoms with Gasteiger partial charge in [0, 0.05) is 6.42 Å². The number of hydrogen-bond acceptors (Lipinski definition) is 4. The predicted molar refractivity (Wildman–Crippen MR) is 52.9 cm³/mol. The lowest BCUT2D eigenvalue weighted by atomic mass is 10.2. The minimum atomic E-state index is 0.304. The third-order valence-corrected chi connectivity index (χ3v) is 2.60. The normalized spacial score (nSPS) is 21.6. The number of nitrogens with one attached hydrogen (secondary N) is 1. The van der Waals surface area contributed by atoms with Gasteiger partial charge in [0.25, 0.3) is 0 Å². The minimum Gasteiger partial charge on any atom is -0.338 e. The summed E-state index contributed by atoms with van der Waals surface area (Å²) in [5, 5.41) is 7.32. The maximum Gasteiger partial charge on any atom is 0.243 e. The molecule has 4 heteroatoms. The quantitative estimate of drug-likeness (QED) is 0.796. The van der Waals surface area contributed by atoms with Crippen molar-refractivity contribution in [3.63, 3.8) is 0 Å². The van der Waals surface area contributed by atoms with Gasteiger partial charge >= 0.3 is 0 Å². The van der Waals surface area contributed by atoms with E-state index in [1.165, 1.54) is 12.8 Å². The van der Waals surface area contributed by atoms with Crippen LogP contribution in [0.1, 0.15) is 50.4 Å². The standard InChI is InChI=1S/C10H17N3O/c1-2-3-6-9-12-10(14-13-9)8-5-4-7-11-8/h8,11H,2-7H2,1H3. The molecule has 1 aliphatic heterocycles. The first kappa shape index (κ1) is 9.65. The molecule has 0 bridgehead atoms. The lowest BCUT2D eigenvalue weighted by molar-refractivity contribution is 0.341. The first-order valence-corrected chi connectivity index (χ1v) is 5.46. The van der Waals surface area contributed by atoms with E-state index in [0.717, 1.165) is 37.5 Å². The Morgan fingerprint density at radius 1 is 1.57 bits per heavy atom. The van der Waals surface area contributed by atoms with Crippen LogP contribution in [-0.4, -0.2) is 16.7 Å². The predicted octanol–water partition coefficient (Wildman–Crippen LogP) is 1.84. The van der Waals surface area contributed by atoms with Crippen molar-refractivity contribution < 1.29 is 4.52 Å². The second-order valence-corrected chi connectivity index (χ2v) is 3.80. The molecule has 0 aromatic carbocycles. The Morgan fingerprint density at radius 3 is 3.21 bits per heavy atom. The molecule has 1 aromatic rings. The molecule has 0 radical (unpaired) electrons. The highest BCUT2D eigenvalue weighted by Gasteiger charge is 2.21. The summed E-state index contributed by atoms with van der Waals surface area (Å²) in [6.07, 6.45) is 5.57. The summed E-state index contributed by atoms with van der Waals surface area (Å²) in [6.45, 7) is 3.23. The summed E-state index contributed by atoms with van der Waals surface area (Å²) in [4.78, 5) is 4.39. The van der Waals surface area contributed by atoms with E-state index in [-0.39, 0.29) is 0 Å².